The summed E-state index contributed by atoms with van der Waals surface area (Å²) in [6, 6.07) is 5.90. The zero-order valence-corrected chi connectivity index (χ0v) is 12.5. The number of benzene rings is 1. The Morgan fingerprint density at radius 1 is 1.24 bits per heavy atom. The van der Waals surface area contributed by atoms with Gasteiger partial charge in [-0.15, -0.1) is 0 Å². The van der Waals surface area contributed by atoms with Crippen LogP contribution in [0.4, 0.5) is 0 Å². The molecule has 0 heterocycles. The molecule has 0 bridgehead atoms. The predicted molar refractivity (Wildman–Crippen MR) is 80.5 cm³/mol. The molecule has 114 valence electrons. The lowest BCUT2D eigenvalue weighted by Gasteiger charge is -2.18. The van der Waals surface area contributed by atoms with Crippen LogP contribution >= 0.6 is 0 Å². The fourth-order valence-corrected chi connectivity index (χ4v) is 3.52. The van der Waals surface area contributed by atoms with Crippen LogP contribution in [0.5, 0.6) is 0 Å². The molecule has 0 fully saturated rings. The van der Waals surface area contributed by atoms with Crippen molar-refractivity contribution in [2.24, 2.45) is 5.92 Å². The van der Waals surface area contributed by atoms with E-state index in [2.05, 4.69) is 16.9 Å². The van der Waals surface area contributed by atoms with Crippen molar-refractivity contribution in [2.75, 3.05) is 6.54 Å². The van der Waals surface area contributed by atoms with Crippen molar-refractivity contribution in [3.8, 4) is 0 Å². The van der Waals surface area contributed by atoms with Gasteiger partial charge in [0.15, 0.2) is 0 Å². The van der Waals surface area contributed by atoms with Crippen LogP contribution in [0.2, 0.25) is 0 Å². The highest BCUT2D eigenvalue weighted by molar-refractivity contribution is 7.88. The van der Waals surface area contributed by atoms with E-state index < -0.39 is 16.0 Å². The summed E-state index contributed by atoms with van der Waals surface area (Å²) in [6.07, 6.45) is 7.13. The molecule has 1 aliphatic rings. The molecule has 0 amide bonds. The van der Waals surface area contributed by atoms with Gasteiger partial charge in [0, 0.05) is 6.54 Å². The standard InChI is InChI=1S/C15H19NO4S/c17-15(18)14-8-6-13(7-9-14)11-21(19,20)16-10-12-4-2-1-3-5-12/h1-2,6-9,12,16H,3-5,10-11H2,(H,17,18). The number of hydrogen-bond acceptors (Lipinski definition) is 3. The van der Waals surface area contributed by atoms with Gasteiger partial charge in [-0.2, -0.15) is 0 Å². The molecule has 21 heavy (non-hydrogen) atoms. The molecule has 0 aromatic heterocycles. The number of hydrogen-bond donors (Lipinski definition) is 2. The van der Waals surface area contributed by atoms with Gasteiger partial charge in [-0.05, 0) is 42.9 Å². The van der Waals surface area contributed by atoms with Gasteiger partial charge >= 0.3 is 5.97 Å². The zero-order chi connectivity index (χ0) is 15.3. The molecule has 0 saturated carbocycles. The second-order valence-electron chi connectivity index (χ2n) is 5.26. The van der Waals surface area contributed by atoms with Crippen molar-refractivity contribution in [1.82, 2.24) is 4.72 Å². The summed E-state index contributed by atoms with van der Waals surface area (Å²) < 4.78 is 26.7. The van der Waals surface area contributed by atoms with Gasteiger partial charge in [0.25, 0.3) is 0 Å². The van der Waals surface area contributed by atoms with Crippen molar-refractivity contribution < 1.29 is 18.3 Å². The largest absolute Gasteiger partial charge is 0.478 e. The lowest BCUT2D eigenvalue weighted by Crippen LogP contribution is -2.30. The molecular formula is C15H19NO4S. The molecule has 0 aliphatic heterocycles. The van der Waals surface area contributed by atoms with Crippen LogP contribution in [-0.2, 0) is 15.8 Å². The second-order valence-corrected chi connectivity index (χ2v) is 7.07. The summed E-state index contributed by atoms with van der Waals surface area (Å²) in [5.41, 5.74) is 0.731. The number of nitrogens with one attached hydrogen (secondary N) is 1. The molecule has 0 radical (unpaired) electrons. The van der Waals surface area contributed by atoms with E-state index in [1.54, 1.807) is 0 Å². The normalized spacial score (nSPS) is 18.6. The third kappa shape index (κ3) is 4.99. The van der Waals surface area contributed by atoms with Gasteiger partial charge < -0.3 is 5.11 Å². The second kappa shape index (κ2) is 6.87. The number of rotatable bonds is 6. The van der Waals surface area contributed by atoms with E-state index in [0.717, 1.165) is 19.3 Å². The molecule has 1 aliphatic carbocycles. The Labute approximate surface area is 124 Å². The van der Waals surface area contributed by atoms with Crippen LogP contribution < -0.4 is 4.72 Å². The first-order valence-corrected chi connectivity index (χ1v) is 8.56. The molecule has 5 nitrogen and oxygen atoms in total. The SMILES string of the molecule is O=C(O)c1ccc(CS(=O)(=O)NCC2CC=CCC2)cc1. The minimum Gasteiger partial charge on any atom is -0.478 e. The lowest BCUT2D eigenvalue weighted by molar-refractivity contribution is 0.0697. The fraction of sp³-hybridized carbons (Fsp3) is 0.400. The first-order valence-electron chi connectivity index (χ1n) is 6.91. The maximum absolute atomic E-state index is 12.0. The molecule has 0 saturated heterocycles. The van der Waals surface area contributed by atoms with Crippen molar-refractivity contribution in [3.05, 3.63) is 47.5 Å². The Hall–Kier alpha value is -1.66. The summed E-state index contributed by atoms with van der Waals surface area (Å²) in [6.45, 7) is 0.458. The van der Waals surface area contributed by atoms with Crippen LogP contribution in [0, 0.1) is 5.92 Å². The van der Waals surface area contributed by atoms with Crippen LogP contribution in [0.1, 0.15) is 35.2 Å². The highest BCUT2D eigenvalue weighted by Crippen LogP contribution is 2.17. The smallest absolute Gasteiger partial charge is 0.335 e. The topological polar surface area (TPSA) is 83.5 Å². The van der Waals surface area contributed by atoms with Gasteiger partial charge in [-0.3, -0.25) is 0 Å². The van der Waals surface area contributed by atoms with Crippen LogP contribution in [0.25, 0.3) is 0 Å². The van der Waals surface area contributed by atoms with E-state index in [0.29, 0.717) is 18.0 Å². The van der Waals surface area contributed by atoms with Gasteiger partial charge in [-0.25, -0.2) is 17.9 Å². The highest BCUT2D eigenvalue weighted by atomic mass is 32.2. The molecule has 1 atom stereocenters. The quantitative estimate of drug-likeness (QED) is 0.789. The van der Waals surface area contributed by atoms with E-state index in [9.17, 15) is 13.2 Å². The third-order valence-electron chi connectivity index (χ3n) is 3.53. The van der Waals surface area contributed by atoms with Gasteiger partial charge in [0.1, 0.15) is 0 Å². The van der Waals surface area contributed by atoms with Crippen LogP contribution in [0.3, 0.4) is 0 Å². The lowest BCUT2D eigenvalue weighted by atomic mass is 9.95. The van der Waals surface area contributed by atoms with Crippen molar-refractivity contribution in [3.63, 3.8) is 0 Å². The monoisotopic (exact) mass is 309 g/mol. The minimum atomic E-state index is -3.39. The number of carboxylic acid groups (broad SMARTS) is 1. The molecule has 0 spiro atoms. The number of aromatic carboxylic acids is 1. The number of allylic oxidation sites excluding steroid dienone is 2. The first-order chi connectivity index (χ1) is 9.96. The summed E-state index contributed by atoms with van der Waals surface area (Å²) in [4.78, 5) is 10.7. The summed E-state index contributed by atoms with van der Waals surface area (Å²) in [7, 11) is -3.39. The average Bonchev–Trinajstić information content (AvgIpc) is 2.46. The van der Waals surface area contributed by atoms with E-state index >= 15 is 0 Å². The first kappa shape index (κ1) is 15.7. The average molecular weight is 309 g/mol. The number of carbonyl (C=O) groups is 1. The molecule has 2 N–H and O–H groups in total. The predicted octanol–water partition coefficient (Wildman–Crippen LogP) is 2.16. The van der Waals surface area contributed by atoms with E-state index in [-0.39, 0.29) is 11.3 Å². The molecule has 6 heteroatoms. The van der Waals surface area contributed by atoms with Crippen LogP contribution in [-0.4, -0.2) is 26.0 Å². The Kier molecular flexibility index (Phi) is 5.14. The number of carboxylic acids is 1. The highest BCUT2D eigenvalue weighted by Gasteiger charge is 2.16. The van der Waals surface area contributed by atoms with Crippen molar-refractivity contribution in [1.29, 1.82) is 0 Å². The molecule has 1 aromatic rings. The zero-order valence-electron chi connectivity index (χ0n) is 11.7. The number of sulfonamides is 1. The summed E-state index contributed by atoms with van der Waals surface area (Å²) in [5.74, 6) is -0.790. The molecular weight excluding hydrogens is 290 g/mol. The van der Waals surface area contributed by atoms with E-state index in [1.807, 2.05) is 0 Å². The minimum absolute atomic E-state index is 0.130. The summed E-state index contributed by atoms with van der Waals surface area (Å²) >= 11 is 0. The van der Waals surface area contributed by atoms with E-state index in [4.69, 9.17) is 5.11 Å². The van der Waals surface area contributed by atoms with Crippen molar-refractivity contribution >= 4 is 16.0 Å². The molecule has 2 rings (SSSR count). The summed E-state index contributed by atoms with van der Waals surface area (Å²) in [5, 5.41) is 8.80. The van der Waals surface area contributed by atoms with Crippen molar-refractivity contribution in [2.45, 2.75) is 25.0 Å². The maximum atomic E-state index is 12.0. The van der Waals surface area contributed by atoms with Crippen LogP contribution in [0.15, 0.2) is 36.4 Å². The van der Waals surface area contributed by atoms with Gasteiger partial charge in [0.05, 0.1) is 11.3 Å². The Balaban J connectivity index is 1.90. The van der Waals surface area contributed by atoms with E-state index in [1.165, 1.54) is 24.3 Å². The Bertz CT molecular complexity index is 620. The maximum Gasteiger partial charge on any atom is 0.335 e. The van der Waals surface area contributed by atoms with Gasteiger partial charge in [-0.1, -0.05) is 24.3 Å². The Morgan fingerprint density at radius 2 is 1.95 bits per heavy atom. The molecule has 1 unspecified atom stereocenters. The van der Waals surface area contributed by atoms with Gasteiger partial charge in [0.2, 0.25) is 10.0 Å². The third-order valence-corrected chi connectivity index (χ3v) is 4.85. The fourth-order valence-electron chi connectivity index (χ4n) is 2.30. The molecule has 1 aromatic carbocycles. The Morgan fingerprint density at radius 3 is 2.52 bits per heavy atom.